The summed E-state index contributed by atoms with van der Waals surface area (Å²) in [5.41, 5.74) is 1.02. The number of amides is 1. The van der Waals surface area contributed by atoms with E-state index in [1.54, 1.807) is 17.0 Å². The molecule has 3 aliphatic heterocycles. The Balaban J connectivity index is 1.91. The predicted octanol–water partition coefficient (Wildman–Crippen LogP) is 0.361. The molecule has 2 saturated heterocycles. The number of hydrogen-bond donors (Lipinski definition) is 1. The zero-order valence-electron chi connectivity index (χ0n) is 9.84. The van der Waals surface area contributed by atoms with Crippen molar-refractivity contribution < 1.29 is 19.4 Å². The van der Waals surface area contributed by atoms with E-state index in [1.807, 2.05) is 0 Å². The largest absolute Gasteiger partial charge is 0.504 e. The van der Waals surface area contributed by atoms with Crippen LogP contribution in [-0.4, -0.2) is 48.6 Å². The fourth-order valence-electron chi connectivity index (χ4n) is 2.89. The average Bonchev–Trinajstić information content (AvgIpc) is 2.92. The van der Waals surface area contributed by atoms with E-state index in [4.69, 9.17) is 9.47 Å². The van der Waals surface area contributed by atoms with Crippen LogP contribution in [0.1, 0.15) is 10.4 Å². The van der Waals surface area contributed by atoms with Gasteiger partial charge in [-0.25, -0.2) is 0 Å². The first kappa shape index (κ1) is 10.0. The zero-order valence-corrected chi connectivity index (χ0v) is 9.84. The number of benzene rings is 1. The molecule has 18 heavy (non-hydrogen) atoms. The van der Waals surface area contributed by atoms with Gasteiger partial charge in [0.05, 0.1) is 31.5 Å². The molecule has 4 rings (SSSR count). The van der Waals surface area contributed by atoms with Gasteiger partial charge in [0, 0.05) is 6.07 Å². The Morgan fingerprint density at radius 1 is 1.44 bits per heavy atom. The molecule has 1 spiro atoms. The Morgan fingerprint density at radius 2 is 2.28 bits per heavy atom. The number of carbonyl (C=O) groups excluding carboxylic acids is 1. The third kappa shape index (κ3) is 0.955. The maximum absolute atomic E-state index is 12.4. The van der Waals surface area contributed by atoms with E-state index in [0.29, 0.717) is 24.7 Å². The van der Waals surface area contributed by atoms with Crippen molar-refractivity contribution in [3.8, 4) is 11.5 Å². The quantitative estimate of drug-likeness (QED) is 0.727. The van der Waals surface area contributed by atoms with E-state index in [9.17, 15) is 9.90 Å². The Kier molecular flexibility index (Phi) is 1.61. The first-order valence-corrected chi connectivity index (χ1v) is 5.76. The van der Waals surface area contributed by atoms with Gasteiger partial charge in [-0.05, 0) is 6.07 Å². The Labute approximate surface area is 103 Å². The molecular weight excluding hydrogens is 236 g/mol. The lowest BCUT2D eigenvalue weighted by Crippen LogP contribution is -2.46. The number of aromatic hydroxyl groups is 1. The second-order valence-corrected chi connectivity index (χ2v) is 4.82. The molecule has 1 amide bonds. The maximum Gasteiger partial charge on any atom is 0.259 e. The van der Waals surface area contributed by atoms with Gasteiger partial charge in [0.25, 0.3) is 5.91 Å². The first-order valence-electron chi connectivity index (χ1n) is 5.76. The van der Waals surface area contributed by atoms with Gasteiger partial charge < -0.3 is 19.5 Å². The normalized spacial score (nSPS) is 27.7. The summed E-state index contributed by atoms with van der Waals surface area (Å²) in [7, 11) is 1.47. The SMILES string of the molecule is COc1cc2c(cc1O)N1C[C@@]13COCN3C2=O. The highest BCUT2D eigenvalue weighted by Crippen LogP contribution is 2.51. The van der Waals surface area contributed by atoms with Gasteiger partial charge >= 0.3 is 0 Å². The third-order valence-corrected chi connectivity index (χ3v) is 3.93. The number of fused-ring (bicyclic) bond motifs is 2. The fraction of sp³-hybridized carbons (Fsp3) is 0.417. The van der Waals surface area contributed by atoms with Crippen LogP contribution in [0.3, 0.4) is 0 Å². The van der Waals surface area contributed by atoms with Gasteiger partial charge in [-0.1, -0.05) is 0 Å². The number of anilines is 1. The number of rotatable bonds is 1. The van der Waals surface area contributed by atoms with Gasteiger partial charge in [0.1, 0.15) is 6.73 Å². The molecular formula is C12H12N2O4. The first-order chi connectivity index (χ1) is 8.67. The topological polar surface area (TPSA) is 62.0 Å². The van der Waals surface area contributed by atoms with Crippen LogP contribution >= 0.6 is 0 Å². The molecule has 3 aliphatic rings. The molecule has 0 radical (unpaired) electrons. The van der Waals surface area contributed by atoms with Crippen molar-refractivity contribution in [1.82, 2.24) is 4.90 Å². The summed E-state index contributed by atoms with van der Waals surface area (Å²) in [6.45, 7) is 1.63. The van der Waals surface area contributed by atoms with Crippen molar-refractivity contribution in [2.75, 3.05) is 31.9 Å². The van der Waals surface area contributed by atoms with Crippen LogP contribution in [0, 0.1) is 0 Å². The molecule has 1 aromatic carbocycles. The minimum absolute atomic E-state index is 0.0541. The monoisotopic (exact) mass is 248 g/mol. The van der Waals surface area contributed by atoms with E-state index in [0.717, 1.165) is 12.2 Å². The van der Waals surface area contributed by atoms with Crippen LogP contribution in [0.4, 0.5) is 5.69 Å². The van der Waals surface area contributed by atoms with Crippen LogP contribution in [0.25, 0.3) is 0 Å². The van der Waals surface area contributed by atoms with Gasteiger partial charge in [-0.2, -0.15) is 0 Å². The number of phenols is 1. The molecule has 0 saturated carbocycles. The number of carbonyl (C=O) groups is 1. The summed E-state index contributed by atoms with van der Waals surface area (Å²) in [6, 6.07) is 3.18. The van der Waals surface area contributed by atoms with Crippen molar-refractivity contribution in [1.29, 1.82) is 0 Å². The minimum atomic E-state index is -0.300. The lowest BCUT2D eigenvalue weighted by atomic mass is 10.1. The molecule has 6 nitrogen and oxygen atoms in total. The van der Waals surface area contributed by atoms with Crippen LogP contribution in [0.15, 0.2) is 12.1 Å². The highest BCUT2D eigenvalue weighted by atomic mass is 16.5. The fourth-order valence-corrected chi connectivity index (χ4v) is 2.89. The zero-order chi connectivity index (χ0) is 12.5. The summed E-state index contributed by atoms with van der Waals surface area (Å²) in [5.74, 6) is 0.310. The third-order valence-electron chi connectivity index (χ3n) is 3.93. The molecule has 0 aliphatic carbocycles. The summed E-state index contributed by atoms with van der Waals surface area (Å²) in [4.78, 5) is 16.2. The molecule has 1 aromatic rings. The summed E-state index contributed by atoms with van der Waals surface area (Å²) in [6.07, 6.45) is 0. The average molecular weight is 248 g/mol. The molecule has 0 aromatic heterocycles. The van der Waals surface area contributed by atoms with Crippen molar-refractivity contribution in [3.05, 3.63) is 17.7 Å². The second kappa shape index (κ2) is 2.89. The molecule has 2 fully saturated rings. The highest BCUT2D eigenvalue weighted by molar-refractivity contribution is 6.05. The number of nitrogens with zero attached hydrogens (tertiary/aromatic N) is 2. The lowest BCUT2D eigenvalue weighted by Gasteiger charge is -2.30. The molecule has 94 valence electrons. The summed E-state index contributed by atoms with van der Waals surface area (Å²) < 4.78 is 10.4. The molecule has 6 heteroatoms. The van der Waals surface area contributed by atoms with Crippen molar-refractivity contribution >= 4 is 11.6 Å². The van der Waals surface area contributed by atoms with Crippen LogP contribution in [0.2, 0.25) is 0 Å². The number of ether oxygens (including phenoxy) is 2. The Hall–Kier alpha value is -1.95. The molecule has 1 atom stereocenters. The standard InChI is InChI=1S/C12H12N2O4/c1-17-10-2-7-8(3-9(10)15)13-4-12(13)5-18-6-14(12)11(7)16/h2-3,15H,4-6H2,1H3/t12-,13?/m1/s1. The van der Waals surface area contributed by atoms with Crippen LogP contribution in [0.5, 0.6) is 11.5 Å². The van der Waals surface area contributed by atoms with E-state index in [1.165, 1.54) is 7.11 Å². The number of phenolic OH excluding ortho intramolecular Hbond substituents is 1. The van der Waals surface area contributed by atoms with Crippen molar-refractivity contribution in [2.24, 2.45) is 0 Å². The summed E-state index contributed by atoms with van der Waals surface area (Å²) >= 11 is 0. The summed E-state index contributed by atoms with van der Waals surface area (Å²) in [5, 5.41) is 9.82. The molecule has 3 heterocycles. The van der Waals surface area contributed by atoms with Gasteiger partial charge in [0.2, 0.25) is 0 Å². The van der Waals surface area contributed by atoms with E-state index in [-0.39, 0.29) is 17.3 Å². The van der Waals surface area contributed by atoms with E-state index in [2.05, 4.69) is 4.90 Å². The van der Waals surface area contributed by atoms with Crippen molar-refractivity contribution in [3.63, 3.8) is 0 Å². The second-order valence-electron chi connectivity index (χ2n) is 4.82. The van der Waals surface area contributed by atoms with E-state index >= 15 is 0 Å². The lowest BCUT2D eigenvalue weighted by molar-refractivity contribution is 0.0641. The highest BCUT2D eigenvalue weighted by Gasteiger charge is 2.65. The Bertz CT molecular complexity index is 573. The number of hydrogen-bond acceptors (Lipinski definition) is 5. The predicted molar refractivity (Wildman–Crippen MR) is 61.7 cm³/mol. The van der Waals surface area contributed by atoms with Crippen LogP contribution in [-0.2, 0) is 4.74 Å². The number of methoxy groups -OCH3 is 1. The van der Waals surface area contributed by atoms with Crippen molar-refractivity contribution in [2.45, 2.75) is 5.66 Å². The van der Waals surface area contributed by atoms with Gasteiger partial charge in [-0.3, -0.25) is 9.69 Å². The smallest absolute Gasteiger partial charge is 0.259 e. The molecule has 0 unspecified atom stereocenters. The van der Waals surface area contributed by atoms with Crippen LogP contribution < -0.4 is 9.64 Å². The molecule has 0 bridgehead atoms. The minimum Gasteiger partial charge on any atom is -0.504 e. The van der Waals surface area contributed by atoms with Gasteiger partial charge in [0.15, 0.2) is 17.2 Å². The molecule has 1 N–H and O–H groups in total. The maximum atomic E-state index is 12.4. The van der Waals surface area contributed by atoms with Gasteiger partial charge in [-0.15, -0.1) is 0 Å². The van der Waals surface area contributed by atoms with E-state index < -0.39 is 0 Å². The Morgan fingerprint density at radius 3 is 3.06 bits per heavy atom.